The number of benzene rings is 2. The largest absolute Gasteiger partial charge is 0.496 e. The molecule has 0 saturated heterocycles. The number of tetrazole rings is 1. The molecule has 10 nitrogen and oxygen atoms in total. The number of nitrogens with zero attached hydrogens (tertiary/aromatic N) is 6. The maximum atomic E-state index is 6.52. The van der Waals surface area contributed by atoms with Crippen LogP contribution in [0.3, 0.4) is 0 Å². The summed E-state index contributed by atoms with van der Waals surface area (Å²) < 4.78 is 13.2. The number of hydrogen-bond donors (Lipinski definition) is 2. The number of aromatic amines is 1. The first-order chi connectivity index (χ1) is 17.1. The summed E-state index contributed by atoms with van der Waals surface area (Å²) in [5, 5.41) is 19.0. The van der Waals surface area contributed by atoms with Gasteiger partial charge in [0.25, 0.3) is 0 Å². The molecule has 2 N–H and O–H groups in total. The molecule has 3 aromatic heterocycles. The van der Waals surface area contributed by atoms with E-state index in [1.165, 1.54) is 6.33 Å². The number of aromatic nitrogens is 7. The van der Waals surface area contributed by atoms with Crippen LogP contribution in [0.4, 0.5) is 5.82 Å². The molecule has 0 aliphatic heterocycles. The highest BCUT2D eigenvalue weighted by molar-refractivity contribution is 6.35. The molecule has 0 atom stereocenters. The molecular weight excluding hydrogens is 468 g/mol. The molecule has 3 heterocycles. The van der Waals surface area contributed by atoms with Crippen molar-refractivity contribution in [3.8, 4) is 34.1 Å². The lowest BCUT2D eigenvalue weighted by Gasteiger charge is -2.12. The topological polar surface area (TPSA) is 116 Å². The Bertz CT molecular complexity index is 1480. The summed E-state index contributed by atoms with van der Waals surface area (Å²) in [4.78, 5) is 8.80. The maximum Gasteiger partial charge on any atom is 0.183 e. The van der Waals surface area contributed by atoms with Crippen molar-refractivity contribution in [2.45, 2.75) is 13.5 Å². The highest BCUT2D eigenvalue weighted by atomic mass is 35.5. The number of nitrogens with one attached hydrogen (secondary N) is 2. The molecule has 0 unspecified atom stereocenters. The monoisotopic (exact) mass is 490 g/mol. The van der Waals surface area contributed by atoms with Crippen LogP contribution in [0.2, 0.25) is 5.02 Å². The van der Waals surface area contributed by atoms with E-state index in [1.807, 2.05) is 36.4 Å². The van der Waals surface area contributed by atoms with Crippen molar-refractivity contribution in [2.24, 2.45) is 0 Å². The van der Waals surface area contributed by atoms with Crippen molar-refractivity contribution in [2.75, 3.05) is 26.1 Å². The highest BCUT2D eigenvalue weighted by Crippen LogP contribution is 2.34. The third-order valence-corrected chi connectivity index (χ3v) is 6.11. The first-order valence-corrected chi connectivity index (χ1v) is 11.3. The van der Waals surface area contributed by atoms with Gasteiger partial charge in [0, 0.05) is 35.8 Å². The lowest BCUT2D eigenvalue weighted by molar-refractivity contribution is 0.416. The van der Waals surface area contributed by atoms with E-state index in [1.54, 1.807) is 14.2 Å². The van der Waals surface area contributed by atoms with Crippen molar-refractivity contribution in [3.05, 3.63) is 59.5 Å². The van der Waals surface area contributed by atoms with E-state index in [0.29, 0.717) is 29.7 Å². The summed E-state index contributed by atoms with van der Waals surface area (Å²) in [6.45, 7) is 3.41. The van der Waals surface area contributed by atoms with Crippen LogP contribution >= 0.6 is 11.6 Å². The second-order valence-electron chi connectivity index (χ2n) is 7.83. The predicted octanol–water partition coefficient (Wildman–Crippen LogP) is 4.37. The molecular formula is C24H23ClN8O2. The van der Waals surface area contributed by atoms with E-state index in [-0.39, 0.29) is 0 Å². The molecule has 0 spiro atoms. The normalized spacial score (nSPS) is 11.1. The zero-order valence-electron chi connectivity index (χ0n) is 19.4. The third kappa shape index (κ3) is 4.35. The van der Waals surface area contributed by atoms with Crippen molar-refractivity contribution in [1.29, 1.82) is 0 Å². The van der Waals surface area contributed by atoms with Crippen molar-refractivity contribution < 1.29 is 9.47 Å². The number of H-pyrrole nitrogens is 1. The van der Waals surface area contributed by atoms with Gasteiger partial charge < -0.3 is 19.4 Å². The van der Waals surface area contributed by atoms with Crippen LogP contribution in [0.15, 0.2) is 48.8 Å². The average molecular weight is 491 g/mol. The van der Waals surface area contributed by atoms with Crippen LogP contribution in [0.1, 0.15) is 5.69 Å². The van der Waals surface area contributed by atoms with E-state index in [0.717, 1.165) is 45.0 Å². The standard InChI is InChI=1S/C24H23ClN8O2/c1-14-10-17-20(34-2)7-6-18(25)23(17)33(14)9-8-26-22-12-19(27-13-28-22)15-4-5-16(21(11-15)35-3)24-29-31-32-30-24/h4-7,10-13H,8-9H2,1-3H3,(H,26,27,28)(H,29,30,31,32). The summed E-state index contributed by atoms with van der Waals surface area (Å²) in [5.41, 5.74) is 4.47. The fourth-order valence-electron chi connectivity index (χ4n) is 4.13. The number of hydrogen-bond acceptors (Lipinski definition) is 8. The summed E-state index contributed by atoms with van der Waals surface area (Å²) in [6.07, 6.45) is 1.54. The summed E-state index contributed by atoms with van der Waals surface area (Å²) in [7, 11) is 3.27. The van der Waals surface area contributed by atoms with Crippen LogP contribution in [0, 0.1) is 6.92 Å². The Balaban J connectivity index is 1.34. The van der Waals surface area contributed by atoms with Gasteiger partial charge in [0.1, 0.15) is 23.6 Å². The predicted molar refractivity (Wildman–Crippen MR) is 134 cm³/mol. The zero-order valence-corrected chi connectivity index (χ0v) is 20.2. The Kier molecular flexibility index (Phi) is 6.19. The zero-order chi connectivity index (χ0) is 24.4. The van der Waals surface area contributed by atoms with Gasteiger partial charge in [0.15, 0.2) is 5.82 Å². The number of ether oxygens (including phenoxy) is 2. The van der Waals surface area contributed by atoms with Crippen LogP contribution in [0.5, 0.6) is 11.5 Å². The van der Waals surface area contributed by atoms with Gasteiger partial charge >= 0.3 is 0 Å². The molecule has 0 bridgehead atoms. The van der Waals surface area contributed by atoms with E-state index < -0.39 is 0 Å². The van der Waals surface area contributed by atoms with E-state index in [4.69, 9.17) is 21.1 Å². The molecule has 35 heavy (non-hydrogen) atoms. The molecule has 0 radical (unpaired) electrons. The van der Waals surface area contributed by atoms with E-state index in [2.05, 4.69) is 53.5 Å². The Morgan fingerprint density at radius 2 is 1.89 bits per heavy atom. The molecule has 5 rings (SSSR count). The number of methoxy groups -OCH3 is 2. The Hall–Kier alpha value is -4.18. The molecule has 0 fully saturated rings. The lowest BCUT2D eigenvalue weighted by Crippen LogP contribution is -2.12. The smallest absolute Gasteiger partial charge is 0.183 e. The van der Waals surface area contributed by atoms with Gasteiger partial charge in [0.2, 0.25) is 0 Å². The molecule has 11 heteroatoms. The van der Waals surface area contributed by atoms with Gasteiger partial charge in [-0.25, -0.2) is 15.1 Å². The fraction of sp³-hybridized carbons (Fsp3) is 0.208. The lowest BCUT2D eigenvalue weighted by atomic mass is 10.1. The highest BCUT2D eigenvalue weighted by Gasteiger charge is 2.14. The SMILES string of the molecule is COc1cc(-c2cc(NCCn3c(C)cc4c(OC)ccc(Cl)c43)ncn2)ccc1-c1nnn[nH]1. The molecule has 0 amide bonds. The van der Waals surface area contributed by atoms with Crippen LogP contribution in [-0.4, -0.2) is 55.9 Å². The number of halogens is 1. The third-order valence-electron chi connectivity index (χ3n) is 5.80. The number of anilines is 1. The van der Waals surface area contributed by atoms with Crippen LogP contribution in [-0.2, 0) is 6.54 Å². The van der Waals surface area contributed by atoms with Gasteiger partial charge in [-0.15, -0.1) is 5.10 Å². The van der Waals surface area contributed by atoms with Gasteiger partial charge in [-0.3, -0.25) is 0 Å². The fourth-order valence-corrected chi connectivity index (χ4v) is 4.40. The first-order valence-electron chi connectivity index (χ1n) is 10.9. The first kappa shape index (κ1) is 22.6. The average Bonchev–Trinajstić information content (AvgIpc) is 3.53. The minimum Gasteiger partial charge on any atom is -0.496 e. The number of fused-ring (bicyclic) bond motifs is 1. The van der Waals surface area contributed by atoms with E-state index >= 15 is 0 Å². The second-order valence-corrected chi connectivity index (χ2v) is 8.24. The van der Waals surface area contributed by atoms with Crippen molar-refractivity contribution >= 4 is 28.3 Å². The number of rotatable bonds is 8. The molecule has 2 aromatic carbocycles. The molecule has 178 valence electrons. The second kappa shape index (κ2) is 9.59. The van der Waals surface area contributed by atoms with Crippen LogP contribution < -0.4 is 14.8 Å². The quantitative estimate of drug-likeness (QED) is 0.329. The van der Waals surface area contributed by atoms with Gasteiger partial charge in [-0.2, -0.15) is 0 Å². The minimum atomic E-state index is 0.531. The Morgan fingerprint density at radius 3 is 2.66 bits per heavy atom. The van der Waals surface area contributed by atoms with Gasteiger partial charge in [-0.05, 0) is 47.7 Å². The molecule has 0 aliphatic carbocycles. The minimum absolute atomic E-state index is 0.531. The van der Waals surface area contributed by atoms with Gasteiger partial charge in [-0.1, -0.05) is 17.7 Å². The summed E-state index contributed by atoms with van der Waals surface area (Å²) in [6, 6.07) is 13.5. The molecule has 5 aromatic rings. The van der Waals surface area contributed by atoms with Crippen LogP contribution in [0.25, 0.3) is 33.5 Å². The van der Waals surface area contributed by atoms with Gasteiger partial charge in [0.05, 0.1) is 36.0 Å². The summed E-state index contributed by atoms with van der Waals surface area (Å²) in [5.74, 6) is 2.69. The van der Waals surface area contributed by atoms with Crippen molar-refractivity contribution in [3.63, 3.8) is 0 Å². The van der Waals surface area contributed by atoms with Crippen molar-refractivity contribution in [1.82, 2.24) is 35.2 Å². The molecule has 0 aliphatic rings. The van der Waals surface area contributed by atoms with E-state index in [9.17, 15) is 0 Å². The maximum absolute atomic E-state index is 6.52. The summed E-state index contributed by atoms with van der Waals surface area (Å²) >= 11 is 6.52. The molecule has 0 saturated carbocycles. The Labute approximate surface area is 206 Å². The Morgan fingerprint density at radius 1 is 1.03 bits per heavy atom. The number of aryl methyl sites for hydroxylation is 1.